The summed E-state index contributed by atoms with van der Waals surface area (Å²) in [7, 11) is 1.75. The Kier molecular flexibility index (Phi) is 4.58. The summed E-state index contributed by atoms with van der Waals surface area (Å²) in [5.41, 5.74) is 3.99. The molecule has 0 aliphatic heterocycles. The first kappa shape index (κ1) is 13.3. The third-order valence-electron chi connectivity index (χ3n) is 3.40. The fourth-order valence-corrected chi connectivity index (χ4v) is 2.37. The van der Waals surface area contributed by atoms with Gasteiger partial charge in [0.1, 0.15) is 5.75 Å². The first-order valence-electron chi connectivity index (χ1n) is 6.51. The van der Waals surface area contributed by atoms with E-state index in [0.717, 1.165) is 11.3 Å². The molecule has 1 fully saturated rings. The molecular weight excluding hydrogens is 228 g/mol. The number of hydrazine groups is 1. The van der Waals surface area contributed by atoms with E-state index in [0.29, 0.717) is 12.5 Å². The van der Waals surface area contributed by atoms with E-state index in [4.69, 9.17) is 15.3 Å². The molecule has 0 radical (unpaired) electrons. The topological polar surface area (TPSA) is 56.5 Å². The minimum atomic E-state index is 0.0166. The highest BCUT2D eigenvalue weighted by Crippen LogP contribution is 2.39. The van der Waals surface area contributed by atoms with E-state index in [-0.39, 0.29) is 12.1 Å². The molecule has 0 bridgehead atoms. The van der Waals surface area contributed by atoms with Crippen molar-refractivity contribution in [2.75, 3.05) is 13.7 Å². The van der Waals surface area contributed by atoms with Crippen LogP contribution in [0.5, 0.6) is 5.75 Å². The predicted octanol–water partition coefficient (Wildman–Crippen LogP) is 2.01. The highest BCUT2D eigenvalue weighted by atomic mass is 16.5. The van der Waals surface area contributed by atoms with Gasteiger partial charge in [-0.1, -0.05) is 12.1 Å². The van der Waals surface area contributed by atoms with E-state index in [9.17, 15) is 0 Å². The van der Waals surface area contributed by atoms with Crippen molar-refractivity contribution in [3.8, 4) is 5.75 Å². The minimum Gasteiger partial charge on any atom is -0.494 e. The van der Waals surface area contributed by atoms with Gasteiger partial charge in [0.25, 0.3) is 0 Å². The van der Waals surface area contributed by atoms with Gasteiger partial charge in [-0.25, -0.2) is 0 Å². The number of rotatable bonds is 7. The lowest BCUT2D eigenvalue weighted by molar-refractivity contribution is 0.0506. The van der Waals surface area contributed by atoms with Gasteiger partial charge in [0.2, 0.25) is 0 Å². The summed E-state index contributed by atoms with van der Waals surface area (Å²) in [6.45, 7) is 2.65. The number of nitrogens with two attached hydrogens (primary N) is 1. The molecule has 18 heavy (non-hydrogen) atoms. The van der Waals surface area contributed by atoms with Gasteiger partial charge < -0.3 is 9.47 Å². The van der Waals surface area contributed by atoms with Crippen molar-refractivity contribution in [1.29, 1.82) is 0 Å². The number of benzene rings is 1. The third-order valence-corrected chi connectivity index (χ3v) is 3.40. The maximum Gasteiger partial charge on any atom is 0.119 e. The van der Waals surface area contributed by atoms with Crippen molar-refractivity contribution in [2.24, 2.45) is 11.8 Å². The van der Waals surface area contributed by atoms with Crippen LogP contribution < -0.4 is 16.0 Å². The lowest BCUT2D eigenvalue weighted by Gasteiger charge is -2.26. The van der Waals surface area contributed by atoms with Gasteiger partial charge in [0.15, 0.2) is 0 Å². The molecule has 0 spiro atoms. The van der Waals surface area contributed by atoms with Crippen LogP contribution in [0.4, 0.5) is 0 Å². The van der Waals surface area contributed by atoms with Crippen molar-refractivity contribution in [2.45, 2.75) is 31.9 Å². The Bertz CT molecular complexity index is 380. The van der Waals surface area contributed by atoms with Gasteiger partial charge >= 0.3 is 0 Å². The van der Waals surface area contributed by atoms with E-state index in [1.807, 2.05) is 25.1 Å². The average Bonchev–Trinajstić information content (AvgIpc) is 3.21. The van der Waals surface area contributed by atoms with Crippen molar-refractivity contribution in [3.63, 3.8) is 0 Å². The fraction of sp³-hybridized carbons (Fsp3) is 0.571. The standard InChI is InChI=1S/C14H22N2O2/c1-3-18-12-6-4-5-11(9-12)13(16-15)14(17-2)10-7-8-10/h4-6,9-10,13-14,16H,3,7-8,15H2,1-2H3. The molecule has 100 valence electrons. The van der Waals surface area contributed by atoms with Gasteiger partial charge in [0.05, 0.1) is 18.8 Å². The van der Waals surface area contributed by atoms with Crippen molar-refractivity contribution in [1.82, 2.24) is 5.43 Å². The van der Waals surface area contributed by atoms with Crippen LogP contribution in [-0.4, -0.2) is 19.8 Å². The van der Waals surface area contributed by atoms with Crippen molar-refractivity contribution in [3.05, 3.63) is 29.8 Å². The molecule has 2 atom stereocenters. The third kappa shape index (κ3) is 3.02. The summed E-state index contributed by atoms with van der Waals surface area (Å²) in [5, 5.41) is 0. The molecule has 1 saturated carbocycles. The zero-order valence-corrected chi connectivity index (χ0v) is 11.1. The van der Waals surface area contributed by atoms with Gasteiger partial charge in [-0.05, 0) is 43.4 Å². The Morgan fingerprint density at radius 2 is 2.22 bits per heavy atom. The van der Waals surface area contributed by atoms with Crippen LogP contribution in [0.3, 0.4) is 0 Å². The van der Waals surface area contributed by atoms with Crippen LogP contribution >= 0.6 is 0 Å². The Morgan fingerprint density at radius 1 is 1.44 bits per heavy atom. The van der Waals surface area contributed by atoms with Gasteiger partial charge in [-0.2, -0.15) is 0 Å². The molecule has 1 aliphatic carbocycles. The first-order valence-corrected chi connectivity index (χ1v) is 6.51. The average molecular weight is 250 g/mol. The molecule has 4 nitrogen and oxygen atoms in total. The second-order valence-corrected chi connectivity index (χ2v) is 4.69. The Balaban J connectivity index is 2.17. The molecular formula is C14H22N2O2. The maximum absolute atomic E-state index is 5.70. The summed E-state index contributed by atoms with van der Waals surface area (Å²) in [4.78, 5) is 0. The van der Waals surface area contributed by atoms with Gasteiger partial charge in [0, 0.05) is 7.11 Å². The van der Waals surface area contributed by atoms with Crippen molar-refractivity contribution >= 4 is 0 Å². The summed E-state index contributed by atoms with van der Waals surface area (Å²) in [5.74, 6) is 7.19. The second-order valence-electron chi connectivity index (χ2n) is 4.69. The summed E-state index contributed by atoms with van der Waals surface area (Å²) in [6.07, 6.45) is 2.58. The van der Waals surface area contributed by atoms with E-state index < -0.39 is 0 Å². The molecule has 0 saturated heterocycles. The van der Waals surface area contributed by atoms with Crippen LogP contribution in [0.1, 0.15) is 31.4 Å². The van der Waals surface area contributed by atoms with Gasteiger partial charge in [-0.15, -0.1) is 0 Å². The maximum atomic E-state index is 5.70. The lowest BCUT2D eigenvalue weighted by Crippen LogP contribution is -2.38. The largest absolute Gasteiger partial charge is 0.494 e. The highest BCUT2D eigenvalue weighted by Gasteiger charge is 2.37. The Morgan fingerprint density at radius 3 is 2.78 bits per heavy atom. The molecule has 0 heterocycles. The van der Waals surface area contributed by atoms with Crippen LogP contribution in [0.2, 0.25) is 0 Å². The number of methoxy groups -OCH3 is 1. The summed E-state index contributed by atoms with van der Waals surface area (Å²) in [6, 6.07) is 8.05. The molecule has 0 aromatic heterocycles. The van der Waals surface area contributed by atoms with E-state index in [1.54, 1.807) is 7.11 Å². The van der Waals surface area contributed by atoms with E-state index in [1.165, 1.54) is 12.8 Å². The minimum absolute atomic E-state index is 0.0166. The van der Waals surface area contributed by atoms with Crippen LogP contribution in [0.25, 0.3) is 0 Å². The number of nitrogens with one attached hydrogen (secondary N) is 1. The number of ether oxygens (including phenoxy) is 2. The van der Waals surface area contributed by atoms with Crippen LogP contribution in [0, 0.1) is 5.92 Å². The molecule has 0 amide bonds. The van der Waals surface area contributed by atoms with Crippen molar-refractivity contribution < 1.29 is 9.47 Å². The predicted molar refractivity (Wildman–Crippen MR) is 71.2 cm³/mol. The number of hydrogen-bond acceptors (Lipinski definition) is 4. The Labute approximate surface area is 108 Å². The molecule has 1 aromatic rings. The second kappa shape index (κ2) is 6.18. The normalized spacial score (nSPS) is 18.4. The zero-order chi connectivity index (χ0) is 13.0. The molecule has 1 aliphatic rings. The van der Waals surface area contributed by atoms with E-state index >= 15 is 0 Å². The monoisotopic (exact) mass is 250 g/mol. The molecule has 3 N–H and O–H groups in total. The molecule has 2 rings (SSSR count). The van der Waals surface area contributed by atoms with Gasteiger partial charge in [-0.3, -0.25) is 11.3 Å². The first-order chi connectivity index (χ1) is 8.80. The van der Waals surface area contributed by atoms with E-state index in [2.05, 4.69) is 11.5 Å². The highest BCUT2D eigenvalue weighted by molar-refractivity contribution is 5.31. The summed E-state index contributed by atoms with van der Waals surface area (Å²) >= 11 is 0. The lowest BCUT2D eigenvalue weighted by atomic mass is 9.98. The molecule has 4 heteroatoms. The quantitative estimate of drug-likeness (QED) is 0.574. The van der Waals surface area contributed by atoms with Crippen LogP contribution in [0.15, 0.2) is 24.3 Å². The van der Waals surface area contributed by atoms with Crippen LogP contribution in [-0.2, 0) is 4.74 Å². The Hall–Kier alpha value is -1.10. The zero-order valence-electron chi connectivity index (χ0n) is 11.1. The summed E-state index contributed by atoms with van der Waals surface area (Å²) < 4.78 is 11.1. The smallest absolute Gasteiger partial charge is 0.119 e. The fourth-order valence-electron chi connectivity index (χ4n) is 2.37. The number of hydrogen-bond donors (Lipinski definition) is 2. The SMILES string of the molecule is CCOc1cccc(C(NN)C(OC)C2CC2)c1. The molecule has 2 unspecified atom stereocenters. The molecule has 1 aromatic carbocycles.